The molecule has 0 aliphatic heterocycles. The fourth-order valence-corrected chi connectivity index (χ4v) is 1.79. The summed E-state index contributed by atoms with van der Waals surface area (Å²) in [6, 6.07) is 9.64. The second-order valence-electron chi connectivity index (χ2n) is 4.65. The molecule has 6 nitrogen and oxygen atoms in total. The van der Waals surface area contributed by atoms with Crippen LogP contribution in [-0.4, -0.2) is 35.4 Å². The van der Waals surface area contributed by atoms with Gasteiger partial charge in [-0.25, -0.2) is 0 Å². The van der Waals surface area contributed by atoms with Crippen LogP contribution in [0.25, 0.3) is 0 Å². The molecular formula is C15H20N4O2. The van der Waals surface area contributed by atoms with Gasteiger partial charge < -0.3 is 15.4 Å². The molecule has 1 aromatic carbocycles. The van der Waals surface area contributed by atoms with E-state index in [4.69, 9.17) is 4.74 Å². The number of carbonyl (C=O) groups is 1. The van der Waals surface area contributed by atoms with E-state index >= 15 is 0 Å². The molecule has 0 saturated carbocycles. The van der Waals surface area contributed by atoms with Gasteiger partial charge >= 0.3 is 5.97 Å². The van der Waals surface area contributed by atoms with Crippen molar-refractivity contribution in [1.29, 1.82) is 0 Å². The number of benzene rings is 1. The first-order valence-corrected chi connectivity index (χ1v) is 6.87. The molecule has 2 rings (SSSR count). The zero-order valence-corrected chi connectivity index (χ0v) is 12.1. The zero-order valence-electron chi connectivity index (χ0n) is 12.1. The summed E-state index contributed by atoms with van der Waals surface area (Å²) >= 11 is 0. The first-order valence-electron chi connectivity index (χ1n) is 6.87. The minimum Gasteiger partial charge on any atom is -0.460 e. The fraction of sp³-hybridized carbons (Fsp3) is 0.333. The van der Waals surface area contributed by atoms with Crippen LogP contribution in [0.5, 0.6) is 0 Å². The van der Waals surface area contributed by atoms with Crippen molar-refractivity contribution < 1.29 is 9.53 Å². The number of nitrogens with one attached hydrogen (secondary N) is 2. The van der Waals surface area contributed by atoms with E-state index in [9.17, 15) is 4.79 Å². The van der Waals surface area contributed by atoms with Gasteiger partial charge in [0, 0.05) is 26.3 Å². The first-order chi connectivity index (χ1) is 10.2. The highest BCUT2D eigenvalue weighted by Gasteiger charge is 2.02. The molecule has 1 heterocycles. The molecule has 0 amide bonds. The first kappa shape index (κ1) is 15.1. The van der Waals surface area contributed by atoms with E-state index in [1.807, 2.05) is 43.6 Å². The quantitative estimate of drug-likeness (QED) is 0.563. The van der Waals surface area contributed by atoms with Gasteiger partial charge in [-0.1, -0.05) is 30.3 Å². The molecule has 0 spiro atoms. The molecule has 2 aromatic rings. The van der Waals surface area contributed by atoms with Gasteiger partial charge in [-0.3, -0.25) is 9.48 Å². The molecule has 21 heavy (non-hydrogen) atoms. The lowest BCUT2D eigenvalue weighted by atomic mass is 10.2. The van der Waals surface area contributed by atoms with E-state index in [1.165, 1.54) is 0 Å². The molecule has 2 N–H and O–H groups in total. The van der Waals surface area contributed by atoms with Crippen molar-refractivity contribution >= 4 is 11.7 Å². The Morgan fingerprint density at radius 3 is 2.81 bits per heavy atom. The normalized spacial score (nSPS) is 10.3. The van der Waals surface area contributed by atoms with E-state index in [1.54, 1.807) is 10.9 Å². The highest BCUT2D eigenvalue weighted by atomic mass is 16.5. The predicted molar refractivity (Wildman–Crippen MR) is 80.8 cm³/mol. The Balaban J connectivity index is 1.53. The smallest absolute Gasteiger partial charge is 0.320 e. The molecule has 0 aliphatic rings. The maximum atomic E-state index is 11.5. The van der Waals surface area contributed by atoms with E-state index < -0.39 is 0 Å². The number of aromatic nitrogens is 2. The summed E-state index contributed by atoms with van der Waals surface area (Å²) in [5.74, 6) is -0.250. The number of ether oxygens (including phenoxy) is 1. The summed E-state index contributed by atoms with van der Waals surface area (Å²) in [5, 5.41) is 10.3. The standard InChI is InChI=1S/C15H20N4O2/c1-19-11-14(9-18-19)17-8-7-16-10-15(20)21-12-13-5-3-2-4-6-13/h2-6,9,11,16-17H,7-8,10,12H2,1H3. The monoisotopic (exact) mass is 288 g/mol. The van der Waals surface area contributed by atoms with E-state index in [0.717, 1.165) is 17.8 Å². The molecule has 0 aliphatic carbocycles. The molecule has 0 unspecified atom stereocenters. The molecule has 0 radical (unpaired) electrons. The number of hydrogen-bond acceptors (Lipinski definition) is 5. The Labute approximate surface area is 124 Å². The number of aryl methyl sites for hydroxylation is 1. The summed E-state index contributed by atoms with van der Waals surface area (Å²) in [5.41, 5.74) is 1.95. The summed E-state index contributed by atoms with van der Waals surface area (Å²) in [6.45, 7) is 1.92. The van der Waals surface area contributed by atoms with Gasteiger partial charge in [-0.05, 0) is 5.56 Å². The third-order valence-electron chi connectivity index (χ3n) is 2.85. The van der Waals surface area contributed by atoms with E-state index in [2.05, 4.69) is 15.7 Å². The summed E-state index contributed by atoms with van der Waals surface area (Å²) in [4.78, 5) is 11.5. The molecule has 0 bridgehead atoms. The third-order valence-corrected chi connectivity index (χ3v) is 2.85. The van der Waals surface area contributed by atoms with Gasteiger partial charge in [0.05, 0.1) is 18.4 Å². The van der Waals surface area contributed by atoms with Gasteiger partial charge in [-0.15, -0.1) is 0 Å². The minimum atomic E-state index is -0.250. The van der Waals surface area contributed by atoms with Crippen molar-refractivity contribution in [2.45, 2.75) is 6.61 Å². The predicted octanol–water partition coefficient (Wildman–Crippen LogP) is 1.16. The zero-order chi connectivity index (χ0) is 14.9. The number of hydrogen-bond donors (Lipinski definition) is 2. The minimum absolute atomic E-state index is 0.210. The van der Waals surface area contributed by atoms with Crippen molar-refractivity contribution in [3.05, 3.63) is 48.3 Å². The van der Waals surface area contributed by atoms with Crippen LogP contribution < -0.4 is 10.6 Å². The maximum Gasteiger partial charge on any atom is 0.320 e. The van der Waals surface area contributed by atoms with Crippen LogP contribution in [0.15, 0.2) is 42.7 Å². The lowest BCUT2D eigenvalue weighted by Gasteiger charge is -2.07. The molecule has 1 aromatic heterocycles. The third kappa shape index (κ3) is 5.66. The SMILES string of the molecule is Cn1cc(NCCNCC(=O)OCc2ccccc2)cn1. The van der Waals surface area contributed by atoms with Crippen molar-refractivity contribution in [2.75, 3.05) is 25.0 Å². The highest BCUT2D eigenvalue weighted by Crippen LogP contribution is 2.02. The van der Waals surface area contributed by atoms with Crippen LogP contribution in [0.2, 0.25) is 0 Å². The van der Waals surface area contributed by atoms with Crippen molar-refractivity contribution in [1.82, 2.24) is 15.1 Å². The van der Waals surface area contributed by atoms with Gasteiger partial charge in [0.15, 0.2) is 0 Å². The van der Waals surface area contributed by atoms with Crippen molar-refractivity contribution in [3.63, 3.8) is 0 Å². The Kier molecular flexibility index (Phi) is 5.78. The van der Waals surface area contributed by atoms with E-state index in [-0.39, 0.29) is 12.5 Å². The summed E-state index contributed by atoms with van der Waals surface area (Å²) < 4.78 is 6.89. The Morgan fingerprint density at radius 2 is 2.10 bits per heavy atom. The van der Waals surface area contributed by atoms with E-state index in [0.29, 0.717) is 13.2 Å². The van der Waals surface area contributed by atoms with Crippen LogP contribution >= 0.6 is 0 Å². The van der Waals surface area contributed by atoms with Gasteiger partial charge in [-0.2, -0.15) is 5.10 Å². The average Bonchev–Trinajstić information content (AvgIpc) is 2.91. The number of anilines is 1. The Hall–Kier alpha value is -2.34. The second-order valence-corrected chi connectivity index (χ2v) is 4.65. The summed E-state index contributed by atoms with van der Waals surface area (Å²) in [6.07, 6.45) is 3.66. The topological polar surface area (TPSA) is 68.2 Å². The van der Waals surface area contributed by atoms with Crippen molar-refractivity contribution in [3.8, 4) is 0 Å². The lowest BCUT2D eigenvalue weighted by molar-refractivity contribution is -0.143. The molecule has 0 atom stereocenters. The Morgan fingerprint density at radius 1 is 1.29 bits per heavy atom. The molecule has 0 fully saturated rings. The van der Waals surface area contributed by atoms with Gasteiger partial charge in [0.1, 0.15) is 6.61 Å². The fourth-order valence-electron chi connectivity index (χ4n) is 1.79. The molecule has 0 saturated heterocycles. The maximum absolute atomic E-state index is 11.5. The summed E-state index contributed by atoms with van der Waals surface area (Å²) in [7, 11) is 1.87. The van der Waals surface area contributed by atoms with Gasteiger partial charge in [0.2, 0.25) is 0 Å². The van der Waals surface area contributed by atoms with Crippen LogP contribution in [0.1, 0.15) is 5.56 Å². The molecular weight excluding hydrogens is 268 g/mol. The van der Waals surface area contributed by atoms with Crippen LogP contribution in [0.4, 0.5) is 5.69 Å². The number of esters is 1. The second kappa shape index (κ2) is 8.06. The van der Waals surface area contributed by atoms with Crippen LogP contribution in [-0.2, 0) is 23.2 Å². The molecule has 6 heteroatoms. The highest BCUT2D eigenvalue weighted by molar-refractivity contribution is 5.71. The van der Waals surface area contributed by atoms with Gasteiger partial charge in [0.25, 0.3) is 0 Å². The van der Waals surface area contributed by atoms with Crippen molar-refractivity contribution in [2.24, 2.45) is 7.05 Å². The Bertz CT molecular complexity index is 554. The van der Waals surface area contributed by atoms with Crippen LogP contribution in [0, 0.1) is 0 Å². The van der Waals surface area contributed by atoms with Crippen LogP contribution in [0.3, 0.4) is 0 Å². The number of nitrogens with zero attached hydrogens (tertiary/aromatic N) is 2. The number of rotatable bonds is 8. The average molecular weight is 288 g/mol. The molecule has 112 valence electrons. The largest absolute Gasteiger partial charge is 0.460 e. The number of carbonyl (C=O) groups excluding carboxylic acids is 1. The lowest BCUT2D eigenvalue weighted by Crippen LogP contribution is -2.29.